The fourth-order valence-electron chi connectivity index (χ4n) is 2.44. The van der Waals surface area contributed by atoms with Crippen LogP contribution in [0.15, 0.2) is 18.2 Å². The molecule has 100 valence electrons. The van der Waals surface area contributed by atoms with Gasteiger partial charge in [-0.05, 0) is 37.1 Å². The van der Waals surface area contributed by atoms with Gasteiger partial charge in [0, 0.05) is 5.41 Å². The number of rotatable bonds is 3. The number of benzene rings is 1. The summed E-state index contributed by atoms with van der Waals surface area (Å²) in [6.45, 7) is 0.368. The highest BCUT2D eigenvalue weighted by Crippen LogP contribution is 2.36. The topological polar surface area (TPSA) is 60.2 Å². The van der Waals surface area contributed by atoms with E-state index in [1.54, 1.807) is 12.1 Å². The van der Waals surface area contributed by atoms with Crippen LogP contribution >= 0.6 is 23.2 Å². The number of hydrogen-bond acceptors (Lipinski definition) is 3. The molecule has 3 nitrogen and oxygen atoms in total. The number of hydrogen-bond donors (Lipinski definition) is 1. The highest BCUT2D eigenvalue weighted by Gasteiger charge is 2.41. The van der Waals surface area contributed by atoms with Gasteiger partial charge in [0.05, 0.1) is 21.6 Å². The quantitative estimate of drug-likeness (QED) is 0.932. The second kappa shape index (κ2) is 5.00. The van der Waals surface area contributed by atoms with Gasteiger partial charge in [0.15, 0.2) is 9.84 Å². The first kappa shape index (κ1) is 14.1. The van der Waals surface area contributed by atoms with Crippen molar-refractivity contribution >= 4 is 33.0 Å². The molecule has 1 atom stereocenters. The van der Waals surface area contributed by atoms with E-state index in [9.17, 15) is 8.42 Å². The predicted octanol–water partition coefficient (Wildman–Crippen LogP) is 2.30. The van der Waals surface area contributed by atoms with E-state index in [4.69, 9.17) is 28.9 Å². The van der Waals surface area contributed by atoms with Gasteiger partial charge in [0.2, 0.25) is 0 Å². The number of nitrogens with two attached hydrogens (primary N) is 1. The molecule has 1 aromatic rings. The molecule has 2 N–H and O–H groups in total. The Labute approximate surface area is 117 Å². The van der Waals surface area contributed by atoms with Gasteiger partial charge < -0.3 is 5.73 Å². The second-order valence-electron chi connectivity index (χ2n) is 4.97. The zero-order valence-electron chi connectivity index (χ0n) is 9.83. The first-order valence-electron chi connectivity index (χ1n) is 5.70. The lowest BCUT2D eigenvalue weighted by molar-refractivity contribution is 0.344. The second-order valence-corrected chi connectivity index (χ2v) is 7.97. The molecule has 1 aliphatic heterocycles. The minimum absolute atomic E-state index is 0.163. The predicted molar refractivity (Wildman–Crippen MR) is 74.9 cm³/mol. The molecular weight excluding hydrogens is 293 g/mol. The van der Waals surface area contributed by atoms with E-state index in [1.807, 2.05) is 6.07 Å². The van der Waals surface area contributed by atoms with E-state index in [0.717, 1.165) is 5.56 Å². The summed E-state index contributed by atoms with van der Waals surface area (Å²) >= 11 is 11.8. The Hall–Kier alpha value is -0.290. The van der Waals surface area contributed by atoms with E-state index < -0.39 is 9.84 Å². The van der Waals surface area contributed by atoms with Gasteiger partial charge >= 0.3 is 0 Å². The molecule has 1 saturated heterocycles. The van der Waals surface area contributed by atoms with Crippen LogP contribution in [-0.2, 0) is 16.3 Å². The van der Waals surface area contributed by atoms with Gasteiger partial charge in [-0.25, -0.2) is 8.42 Å². The molecule has 1 fully saturated rings. The SMILES string of the molecule is NCC1(Cc2ccc(Cl)c(Cl)c2)CCS(=O)(=O)C1. The molecule has 0 spiro atoms. The largest absolute Gasteiger partial charge is 0.330 e. The summed E-state index contributed by atoms with van der Waals surface area (Å²) in [6.07, 6.45) is 1.24. The van der Waals surface area contributed by atoms with Crippen LogP contribution in [0, 0.1) is 5.41 Å². The molecule has 0 aliphatic carbocycles. The molecule has 0 saturated carbocycles. The van der Waals surface area contributed by atoms with Crippen molar-refractivity contribution in [1.82, 2.24) is 0 Å². The molecule has 2 rings (SSSR count). The van der Waals surface area contributed by atoms with Gasteiger partial charge in [0.1, 0.15) is 0 Å². The van der Waals surface area contributed by atoms with Crippen molar-refractivity contribution in [3.8, 4) is 0 Å². The van der Waals surface area contributed by atoms with E-state index in [1.165, 1.54) is 0 Å². The maximum absolute atomic E-state index is 11.6. The highest BCUT2D eigenvalue weighted by molar-refractivity contribution is 7.91. The summed E-state index contributed by atoms with van der Waals surface area (Å²) in [5.41, 5.74) is 6.41. The van der Waals surface area contributed by atoms with Crippen molar-refractivity contribution in [2.24, 2.45) is 11.1 Å². The van der Waals surface area contributed by atoms with E-state index in [0.29, 0.717) is 29.4 Å². The summed E-state index contributed by atoms with van der Waals surface area (Å²) in [7, 11) is -2.94. The van der Waals surface area contributed by atoms with Crippen LogP contribution in [0.1, 0.15) is 12.0 Å². The molecule has 1 heterocycles. The Bertz CT molecular complexity index is 559. The Morgan fingerprint density at radius 2 is 2.00 bits per heavy atom. The Morgan fingerprint density at radius 1 is 1.28 bits per heavy atom. The number of halogens is 2. The van der Waals surface area contributed by atoms with Crippen molar-refractivity contribution in [2.75, 3.05) is 18.1 Å². The summed E-state index contributed by atoms with van der Waals surface area (Å²) in [5, 5.41) is 0.989. The molecule has 0 aromatic heterocycles. The minimum Gasteiger partial charge on any atom is -0.330 e. The maximum Gasteiger partial charge on any atom is 0.150 e. The van der Waals surface area contributed by atoms with Crippen LogP contribution in [0.3, 0.4) is 0 Å². The van der Waals surface area contributed by atoms with Crippen LogP contribution < -0.4 is 5.73 Å². The zero-order valence-corrected chi connectivity index (χ0v) is 12.2. The van der Waals surface area contributed by atoms with Gasteiger partial charge in [-0.3, -0.25) is 0 Å². The highest BCUT2D eigenvalue weighted by atomic mass is 35.5. The van der Waals surface area contributed by atoms with Crippen LogP contribution in [0.25, 0.3) is 0 Å². The van der Waals surface area contributed by atoms with Crippen molar-refractivity contribution in [3.63, 3.8) is 0 Å². The third kappa shape index (κ3) is 2.99. The zero-order chi connectivity index (χ0) is 13.4. The van der Waals surface area contributed by atoms with E-state index in [-0.39, 0.29) is 16.9 Å². The molecule has 0 radical (unpaired) electrons. The Kier molecular flexibility index (Phi) is 3.93. The molecule has 6 heteroatoms. The Balaban J connectivity index is 2.23. The van der Waals surface area contributed by atoms with Gasteiger partial charge in [-0.1, -0.05) is 29.3 Å². The molecule has 1 aliphatic rings. The first-order valence-corrected chi connectivity index (χ1v) is 8.28. The van der Waals surface area contributed by atoms with Gasteiger partial charge in [0.25, 0.3) is 0 Å². The van der Waals surface area contributed by atoms with Crippen LogP contribution in [0.5, 0.6) is 0 Å². The normalized spacial score (nSPS) is 26.4. The molecule has 0 amide bonds. The lowest BCUT2D eigenvalue weighted by atomic mass is 9.81. The van der Waals surface area contributed by atoms with Crippen LogP contribution in [0.2, 0.25) is 10.0 Å². The van der Waals surface area contributed by atoms with Gasteiger partial charge in [-0.2, -0.15) is 0 Å². The summed E-state index contributed by atoms with van der Waals surface area (Å²) in [4.78, 5) is 0. The van der Waals surface area contributed by atoms with E-state index in [2.05, 4.69) is 0 Å². The Morgan fingerprint density at radius 3 is 2.50 bits per heavy atom. The first-order chi connectivity index (χ1) is 8.36. The third-order valence-electron chi connectivity index (χ3n) is 3.47. The molecular formula is C12H15Cl2NO2S. The van der Waals surface area contributed by atoms with Crippen LogP contribution in [-0.4, -0.2) is 26.5 Å². The lowest BCUT2D eigenvalue weighted by Crippen LogP contribution is -2.34. The number of sulfone groups is 1. The molecule has 18 heavy (non-hydrogen) atoms. The minimum atomic E-state index is -2.94. The van der Waals surface area contributed by atoms with Crippen LogP contribution in [0.4, 0.5) is 0 Å². The van der Waals surface area contributed by atoms with Crippen molar-refractivity contribution in [1.29, 1.82) is 0 Å². The molecule has 1 aromatic carbocycles. The standard InChI is InChI=1S/C12H15Cl2NO2S/c13-10-2-1-9(5-11(10)14)6-12(7-15)3-4-18(16,17)8-12/h1-2,5H,3-4,6-8,15H2. The molecule has 1 unspecified atom stereocenters. The summed E-state index contributed by atoms with van der Waals surface area (Å²) < 4.78 is 23.2. The summed E-state index contributed by atoms with van der Waals surface area (Å²) in [5.74, 6) is 0.391. The average molecular weight is 308 g/mol. The van der Waals surface area contributed by atoms with Gasteiger partial charge in [-0.15, -0.1) is 0 Å². The fraction of sp³-hybridized carbons (Fsp3) is 0.500. The average Bonchev–Trinajstić information content (AvgIpc) is 2.60. The molecule has 0 bridgehead atoms. The van der Waals surface area contributed by atoms with Crippen molar-refractivity contribution < 1.29 is 8.42 Å². The summed E-state index contributed by atoms with van der Waals surface area (Å²) in [6, 6.07) is 5.38. The van der Waals surface area contributed by atoms with Crippen molar-refractivity contribution in [2.45, 2.75) is 12.8 Å². The maximum atomic E-state index is 11.6. The van der Waals surface area contributed by atoms with E-state index >= 15 is 0 Å². The fourth-order valence-corrected chi connectivity index (χ4v) is 4.94. The third-order valence-corrected chi connectivity index (χ3v) is 6.08. The smallest absolute Gasteiger partial charge is 0.150 e. The lowest BCUT2D eigenvalue weighted by Gasteiger charge is -2.25. The van der Waals surface area contributed by atoms with Crippen molar-refractivity contribution in [3.05, 3.63) is 33.8 Å². The monoisotopic (exact) mass is 307 g/mol.